The average molecular weight is 368 g/mol. The van der Waals surface area contributed by atoms with Crippen molar-refractivity contribution in [3.05, 3.63) is 36.2 Å². The smallest absolute Gasteiger partial charge is 0.247 e. The number of tetrazole rings is 1. The van der Waals surface area contributed by atoms with Gasteiger partial charge in [0.25, 0.3) is 0 Å². The zero-order valence-corrected chi connectivity index (χ0v) is 16.0. The molecule has 0 aliphatic rings. The van der Waals surface area contributed by atoms with Crippen molar-refractivity contribution in [2.24, 2.45) is 0 Å². The molecule has 3 rings (SSSR count). The number of anilines is 3. The number of aromatic nitrogens is 7. The summed E-state index contributed by atoms with van der Waals surface area (Å²) >= 11 is 0. The molecule has 3 aromatic rings. The Morgan fingerprint density at radius 1 is 1.00 bits per heavy atom. The molecule has 2 N–H and O–H groups in total. The molecule has 0 amide bonds. The normalized spacial score (nSPS) is 10.9. The number of para-hydroxylation sites is 1. The van der Waals surface area contributed by atoms with Crippen molar-refractivity contribution in [2.75, 3.05) is 42.7 Å². The van der Waals surface area contributed by atoms with Crippen molar-refractivity contribution in [3.63, 3.8) is 0 Å². The molecule has 10 nitrogen and oxygen atoms in total. The largest absolute Gasteiger partial charge is 0.352 e. The van der Waals surface area contributed by atoms with Crippen molar-refractivity contribution in [1.29, 1.82) is 0 Å². The molecule has 2 heterocycles. The van der Waals surface area contributed by atoms with Gasteiger partial charge < -0.3 is 15.5 Å². The number of benzene rings is 1. The highest BCUT2D eigenvalue weighted by atomic mass is 15.6. The Morgan fingerprint density at radius 2 is 1.74 bits per heavy atom. The monoisotopic (exact) mass is 368 g/mol. The summed E-state index contributed by atoms with van der Waals surface area (Å²) in [7, 11) is 3.82. The molecule has 0 unspecified atom stereocenters. The molecule has 2 aromatic heterocycles. The summed E-state index contributed by atoms with van der Waals surface area (Å²) in [6.07, 6.45) is 0. The Labute approximate surface area is 158 Å². The van der Waals surface area contributed by atoms with Gasteiger partial charge in [0.2, 0.25) is 17.8 Å². The molecule has 1 aromatic carbocycles. The fourth-order valence-electron chi connectivity index (χ4n) is 2.31. The van der Waals surface area contributed by atoms with E-state index in [1.807, 2.05) is 49.3 Å². The fourth-order valence-corrected chi connectivity index (χ4v) is 2.31. The van der Waals surface area contributed by atoms with Crippen LogP contribution in [-0.2, 0) is 0 Å². The van der Waals surface area contributed by atoms with Gasteiger partial charge >= 0.3 is 0 Å². The van der Waals surface area contributed by atoms with Crippen LogP contribution in [0, 0.1) is 0 Å². The Hall–Kier alpha value is -3.30. The van der Waals surface area contributed by atoms with E-state index >= 15 is 0 Å². The van der Waals surface area contributed by atoms with Crippen LogP contribution >= 0.6 is 0 Å². The lowest BCUT2D eigenvalue weighted by Gasteiger charge is -2.15. The van der Waals surface area contributed by atoms with Crippen molar-refractivity contribution in [1.82, 2.24) is 35.2 Å². The summed E-state index contributed by atoms with van der Waals surface area (Å²) < 4.78 is 1.66. The predicted octanol–water partition coefficient (Wildman–Crippen LogP) is 1.56. The first-order valence-electron chi connectivity index (χ1n) is 8.79. The topological polar surface area (TPSA) is 110 Å². The first-order valence-corrected chi connectivity index (χ1v) is 8.79. The summed E-state index contributed by atoms with van der Waals surface area (Å²) in [6.45, 7) is 5.33. The molecule has 0 radical (unpaired) electrons. The lowest BCUT2D eigenvalue weighted by Crippen LogP contribution is -2.20. The van der Waals surface area contributed by atoms with E-state index in [0.29, 0.717) is 30.9 Å². The van der Waals surface area contributed by atoms with E-state index in [1.165, 1.54) is 0 Å². The summed E-state index contributed by atoms with van der Waals surface area (Å²) in [4.78, 5) is 15.2. The van der Waals surface area contributed by atoms with Crippen LogP contribution in [0.3, 0.4) is 0 Å². The van der Waals surface area contributed by atoms with Crippen LogP contribution < -0.4 is 15.5 Å². The van der Waals surface area contributed by atoms with E-state index < -0.39 is 0 Å². The maximum Gasteiger partial charge on any atom is 0.247 e. The molecule has 27 heavy (non-hydrogen) atoms. The maximum atomic E-state index is 4.48. The minimum Gasteiger partial charge on any atom is -0.352 e. The molecule has 0 aliphatic carbocycles. The summed E-state index contributed by atoms with van der Waals surface area (Å²) in [5.41, 5.74) is 0.896. The SMILES string of the molecule is CC(C)c1nc(NCCNc2nnnn2-c2ccccc2)nc(N(C)C)n1. The highest BCUT2D eigenvalue weighted by molar-refractivity contribution is 5.39. The zero-order valence-electron chi connectivity index (χ0n) is 16.0. The summed E-state index contributed by atoms with van der Waals surface area (Å²) in [6, 6.07) is 9.73. The zero-order chi connectivity index (χ0) is 19.2. The van der Waals surface area contributed by atoms with E-state index in [2.05, 4.69) is 55.0 Å². The van der Waals surface area contributed by atoms with Gasteiger partial charge in [-0.3, -0.25) is 0 Å². The van der Waals surface area contributed by atoms with Crippen LogP contribution in [0.25, 0.3) is 5.69 Å². The van der Waals surface area contributed by atoms with Crippen LogP contribution in [0.4, 0.5) is 17.8 Å². The molecule has 0 bridgehead atoms. The third-order valence-electron chi connectivity index (χ3n) is 3.72. The van der Waals surface area contributed by atoms with Gasteiger partial charge in [0.1, 0.15) is 5.82 Å². The van der Waals surface area contributed by atoms with Gasteiger partial charge in [0.15, 0.2) is 0 Å². The Morgan fingerprint density at radius 3 is 2.44 bits per heavy atom. The van der Waals surface area contributed by atoms with Gasteiger partial charge in [0.05, 0.1) is 5.69 Å². The van der Waals surface area contributed by atoms with Crippen molar-refractivity contribution < 1.29 is 0 Å². The lowest BCUT2D eigenvalue weighted by atomic mass is 10.2. The molecule has 0 aliphatic heterocycles. The van der Waals surface area contributed by atoms with Gasteiger partial charge in [-0.1, -0.05) is 37.1 Å². The second kappa shape index (κ2) is 8.39. The van der Waals surface area contributed by atoms with Crippen LogP contribution in [0.2, 0.25) is 0 Å². The number of nitrogens with one attached hydrogen (secondary N) is 2. The summed E-state index contributed by atoms with van der Waals surface area (Å²) in [5.74, 6) is 2.76. The van der Waals surface area contributed by atoms with E-state index in [0.717, 1.165) is 11.5 Å². The molecular weight excluding hydrogens is 344 g/mol. The Bertz CT molecular complexity index is 833. The van der Waals surface area contributed by atoms with E-state index in [-0.39, 0.29) is 5.92 Å². The van der Waals surface area contributed by atoms with Crippen LogP contribution in [-0.4, -0.2) is 62.3 Å². The molecule has 10 heteroatoms. The summed E-state index contributed by atoms with van der Waals surface area (Å²) in [5, 5.41) is 18.2. The van der Waals surface area contributed by atoms with E-state index in [4.69, 9.17) is 0 Å². The predicted molar refractivity (Wildman–Crippen MR) is 104 cm³/mol. The second-order valence-electron chi connectivity index (χ2n) is 6.47. The van der Waals surface area contributed by atoms with Crippen LogP contribution in [0.5, 0.6) is 0 Å². The first kappa shape index (κ1) is 18.5. The minimum absolute atomic E-state index is 0.223. The molecule has 0 saturated carbocycles. The van der Waals surface area contributed by atoms with Crippen molar-refractivity contribution in [3.8, 4) is 5.69 Å². The molecular formula is C17H24N10. The maximum absolute atomic E-state index is 4.48. The second-order valence-corrected chi connectivity index (χ2v) is 6.47. The molecule has 142 valence electrons. The van der Waals surface area contributed by atoms with Gasteiger partial charge in [-0.2, -0.15) is 19.6 Å². The van der Waals surface area contributed by atoms with E-state index in [1.54, 1.807) is 4.68 Å². The minimum atomic E-state index is 0.223. The third-order valence-corrected chi connectivity index (χ3v) is 3.72. The molecule has 0 saturated heterocycles. The highest BCUT2D eigenvalue weighted by Crippen LogP contribution is 2.15. The van der Waals surface area contributed by atoms with Gasteiger partial charge in [0, 0.05) is 33.1 Å². The molecule has 0 atom stereocenters. The van der Waals surface area contributed by atoms with Crippen molar-refractivity contribution in [2.45, 2.75) is 19.8 Å². The number of rotatable bonds is 8. The van der Waals surface area contributed by atoms with Crippen LogP contribution in [0.15, 0.2) is 30.3 Å². The van der Waals surface area contributed by atoms with Gasteiger partial charge in [-0.05, 0) is 22.6 Å². The standard InChI is InChI=1S/C17H24N10/c1-12(2)14-20-15(22-17(21-14)26(3)4)18-10-11-19-16-23-24-25-27(16)13-8-6-5-7-9-13/h5-9,12H,10-11H2,1-4H3,(H,19,23,25)(H,18,20,21,22). The lowest BCUT2D eigenvalue weighted by molar-refractivity contribution is 0.754. The Kier molecular flexibility index (Phi) is 5.74. The molecule has 0 spiro atoms. The first-order chi connectivity index (χ1) is 13.0. The Balaban J connectivity index is 1.61. The fraction of sp³-hybridized carbons (Fsp3) is 0.412. The van der Waals surface area contributed by atoms with Crippen LogP contribution in [0.1, 0.15) is 25.6 Å². The van der Waals surface area contributed by atoms with Crippen molar-refractivity contribution >= 4 is 17.8 Å². The van der Waals surface area contributed by atoms with E-state index in [9.17, 15) is 0 Å². The number of hydrogen-bond donors (Lipinski definition) is 2. The number of hydrogen-bond acceptors (Lipinski definition) is 9. The number of nitrogens with zero attached hydrogens (tertiary/aromatic N) is 8. The van der Waals surface area contributed by atoms with Gasteiger partial charge in [-0.15, -0.1) is 0 Å². The highest BCUT2D eigenvalue weighted by Gasteiger charge is 2.11. The molecule has 0 fully saturated rings. The quantitative estimate of drug-likeness (QED) is 0.572. The third kappa shape index (κ3) is 4.66. The van der Waals surface area contributed by atoms with Gasteiger partial charge in [-0.25, -0.2) is 0 Å². The average Bonchev–Trinajstić information content (AvgIpc) is 3.14.